The third-order valence-corrected chi connectivity index (χ3v) is 10.8. The highest BCUT2D eigenvalue weighted by atomic mass is 35.5. The Bertz CT molecular complexity index is 2530. The van der Waals surface area contributed by atoms with E-state index in [-0.39, 0.29) is 44.9 Å². The number of hydrogen-bond donors (Lipinski definition) is 2. The molecule has 2 aromatic carbocycles. The van der Waals surface area contributed by atoms with Crippen molar-refractivity contribution < 1.29 is 44.8 Å². The molecular formula is C41H27ClF6N4O4S2. The number of pyridine rings is 2. The van der Waals surface area contributed by atoms with Crippen LogP contribution < -0.4 is 10.6 Å². The zero-order valence-corrected chi connectivity index (χ0v) is 32.2. The number of benzene rings is 2. The van der Waals surface area contributed by atoms with E-state index in [4.69, 9.17) is 20.4 Å². The van der Waals surface area contributed by atoms with Gasteiger partial charge in [0.05, 0.1) is 65.3 Å². The molecule has 17 heteroatoms. The lowest BCUT2D eigenvalue weighted by atomic mass is 9.98. The van der Waals surface area contributed by atoms with Crippen LogP contribution in [0.3, 0.4) is 0 Å². The number of carbonyl (C=O) groups is 2. The fourth-order valence-corrected chi connectivity index (χ4v) is 7.51. The van der Waals surface area contributed by atoms with Crippen LogP contribution in [0.15, 0.2) is 117 Å². The average Bonchev–Trinajstić information content (AvgIpc) is 4.04. The van der Waals surface area contributed by atoms with Crippen molar-refractivity contribution in [1.29, 1.82) is 0 Å². The van der Waals surface area contributed by atoms with Crippen LogP contribution in [0, 0.1) is 6.92 Å². The number of furan rings is 2. The van der Waals surface area contributed by atoms with Gasteiger partial charge in [0.25, 0.3) is 11.8 Å². The minimum absolute atomic E-state index is 0.00659. The van der Waals surface area contributed by atoms with Gasteiger partial charge in [-0.3, -0.25) is 9.59 Å². The van der Waals surface area contributed by atoms with Crippen molar-refractivity contribution in [2.75, 3.05) is 0 Å². The normalized spacial score (nSPS) is 11.7. The molecule has 0 unspecified atom stereocenters. The molecule has 8 nitrogen and oxygen atoms in total. The van der Waals surface area contributed by atoms with E-state index in [0.717, 1.165) is 21.9 Å². The maximum atomic E-state index is 13.8. The van der Waals surface area contributed by atoms with Crippen LogP contribution in [-0.2, 0) is 25.4 Å². The van der Waals surface area contributed by atoms with Gasteiger partial charge in [0.15, 0.2) is 0 Å². The van der Waals surface area contributed by atoms with Gasteiger partial charge in [-0.05, 0) is 95.0 Å². The Morgan fingerprint density at radius 3 is 1.55 bits per heavy atom. The second kappa shape index (κ2) is 16.5. The smallest absolute Gasteiger partial charge is 0.418 e. The zero-order valence-electron chi connectivity index (χ0n) is 29.8. The summed E-state index contributed by atoms with van der Waals surface area (Å²) in [6.07, 6.45) is -3.80. The fourth-order valence-electron chi connectivity index (χ4n) is 5.98. The minimum Gasteiger partial charge on any atom is -0.472 e. The number of thiophene rings is 2. The quantitative estimate of drug-likeness (QED) is 0.147. The number of nitrogens with one attached hydrogen (secondary N) is 2. The largest absolute Gasteiger partial charge is 0.472 e. The molecule has 6 aromatic heterocycles. The maximum absolute atomic E-state index is 13.8. The standard InChI is InChI=1S/C21H15F3N2O2S.C20H12ClF3N2O2S/c1-12-7-18(20(27)25-10-15-3-2-6-29-15)26-19-16(12)8-14(13-4-5-28-11-13)9-17(19)21(22,23)24;21-16-8-17(19(27)25-9-13-2-1-5-29-13)26-18-14(16)6-12(11-3-4-28-10-11)7-15(18)20(22,23)24/h2-9,11H,10H2,1H3,(H,25,27);1-8,10H,9H2,(H,25,27). The molecule has 0 fully saturated rings. The van der Waals surface area contributed by atoms with E-state index in [0.29, 0.717) is 34.2 Å². The van der Waals surface area contributed by atoms with Crippen LogP contribution >= 0.6 is 34.3 Å². The van der Waals surface area contributed by atoms with E-state index < -0.39 is 35.3 Å². The van der Waals surface area contributed by atoms with Gasteiger partial charge in [-0.2, -0.15) is 26.3 Å². The predicted molar refractivity (Wildman–Crippen MR) is 210 cm³/mol. The lowest BCUT2D eigenvalue weighted by molar-refractivity contribution is -0.137. The Morgan fingerprint density at radius 2 is 1.12 bits per heavy atom. The first-order valence-electron chi connectivity index (χ1n) is 17.1. The Balaban J connectivity index is 0.000000177. The van der Waals surface area contributed by atoms with Gasteiger partial charge in [-0.15, -0.1) is 22.7 Å². The van der Waals surface area contributed by atoms with Crippen LogP contribution in [-0.4, -0.2) is 21.8 Å². The summed E-state index contributed by atoms with van der Waals surface area (Å²) in [6.45, 7) is 2.21. The zero-order chi connectivity index (χ0) is 41.2. The SMILES string of the molecule is Cc1cc(C(=O)NCc2cccs2)nc2c(C(F)(F)F)cc(-c3ccoc3)cc12.O=C(NCc1cccs1)c1cc(Cl)c2cc(-c3ccoc3)cc(C(F)(F)F)c2n1. The monoisotopic (exact) mass is 852 g/mol. The number of fused-ring (bicyclic) bond motifs is 2. The van der Waals surface area contributed by atoms with Crippen molar-refractivity contribution >= 4 is 67.9 Å². The molecule has 0 saturated heterocycles. The molecule has 0 atom stereocenters. The fraction of sp³-hybridized carbons (Fsp3) is 0.122. The summed E-state index contributed by atoms with van der Waals surface area (Å²) in [5, 5.41) is 9.54. The number of hydrogen-bond acceptors (Lipinski definition) is 8. The molecule has 0 bridgehead atoms. The van der Waals surface area contributed by atoms with Crippen molar-refractivity contribution in [1.82, 2.24) is 20.6 Å². The summed E-state index contributed by atoms with van der Waals surface area (Å²) in [5.74, 6) is -1.12. The molecule has 0 aliphatic carbocycles. The number of aromatic nitrogens is 2. The summed E-state index contributed by atoms with van der Waals surface area (Å²) in [7, 11) is 0. The molecule has 2 N–H and O–H groups in total. The van der Waals surface area contributed by atoms with Gasteiger partial charge in [0.2, 0.25) is 0 Å². The molecule has 0 spiro atoms. The van der Waals surface area contributed by atoms with Crippen molar-refractivity contribution in [3.8, 4) is 22.3 Å². The lowest BCUT2D eigenvalue weighted by Gasteiger charge is -2.15. The third kappa shape index (κ3) is 8.93. The molecule has 0 radical (unpaired) electrons. The summed E-state index contributed by atoms with van der Waals surface area (Å²) in [5.41, 5.74) is -0.495. The number of halogens is 7. The number of alkyl halides is 6. The third-order valence-electron chi connectivity index (χ3n) is 8.77. The van der Waals surface area contributed by atoms with Gasteiger partial charge < -0.3 is 19.5 Å². The van der Waals surface area contributed by atoms with Crippen molar-refractivity contribution in [2.45, 2.75) is 32.4 Å². The molecule has 8 rings (SSSR count). The van der Waals surface area contributed by atoms with E-state index in [1.807, 2.05) is 35.0 Å². The van der Waals surface area contributed by atoms with Crippen molar-refractivity contribution in [3.05, 3.63) is 151 Å². The molecule has 58 heavy (non-hydrogen) atoms. The van der Waals surface area contributed by atoms with Gasteiger partial charge in [0.1, 0.15) is 11.4 Å². The topological polar surface area (TPSA) is 110 Å². The molecule has 0 saturated carbocycles. The summed E-state index contributed by atoms with van der Waals surface area (Å²) in [6, 6.07) is 18.5. The highest BCUT2D eigenvalue weighted by Gasteiger charge is 2.36. The Kier molecular flexibility index (Phi) is 11.4. The predicted octanol–water partition coefficient (Wildman–Crippen LogP) is 12.0. The summed E-state index contributed by atoms with van der Waals surface area (Å²) in [4.78, 5) is 34.8. The van der Waals surface area contributed by atoms with E-state index in [1.54, 1.807) is 25.1 Å². The molecule has 0 aliphatic rings. The Hall–Kier alpha value is -5.97. The maximum Gasteiger partial charge on any atom is 0.418 e. The Labute approximate surface area is 338 Å². The first-order chi connectivity index (χ1) is 27.7. The van der Waals surface area contributed by atoms with E-state index in [2.05, 4.69) is 20.6 Å². The summed E-state index contributed by atoms with van der Waals surface area (Å²) >= 11 is 9.19. The first-order valence-corrected chi connectivity index (χ1v) is 19.2. The van der Waals surface area contributed by atoms with Gasteiger partial charge >= 0.3 is 12.4 Å². The molecule has 2 amide bonds. The van der Waals surface area contributed by atoms with Gasteiger partial charge in [-0.1, -0.05) is 23.7 Å². The van der Waals surface area contributed by atoms with Crippen molar-refractivity contribution in [3.63, 3.8) is 0 Å². The molecular weight excluding hydrogens is 826 g/mol. The molecule has 296 valence electrons. The van der Waals surface area contributed by atoms with E-state index in [1.165, 1.54) is 65.9 Å². The van der Waals surface area contributed by atoms with E-state index >= 15 is 0 Å². The van der Waals surface area contributed by atoms with E-state index in [9.17, 15) is 35.9 Å². The molecule has 8 aromatic rings. The first kappa shape index (κ1) is 40.2. The highest BCUT2D eigenvalue weighted by Crippen LogP contribution is 2.41. The number of rotatable bonds is 8. The van der Waals surface area contributed by atoms with Crippen LogP contribution in [0.5, 0.6) is 0 Å². The Morgan fingerprint density at radius 1 is 0.655 bits per heavy atom. The van der Waals surface area contributed by atoms with Crippen LogP contribution in [0.25, 0.3) is 44.1 Å². The highest BCUT2D eigenvalue weighted by molar-refractivity contribution is 7.10. The summed E-state index contributed by atoms with van der Waals surface area (Å²) < 4.78 is 92.5. The van der Waals surface area contributed by atoms with Crippen LogP contribution in [0.1, 0.15) is 47.4 Å². The second-order valence-corrected chi connectivity index (χ2v) is 15.2. The molecule has 0 aliphatic heterocycles. The van der Waals surface area contributed by atoms with Crippen LogP contribution in [0.4, 0.5) is 26.3 Å². The number of aryl methyl sites for hydroxylation is 1. The molecule has 6 heterocycles. The number of nitrogens with zero attached hydrogens (tertiary/aromatic N) is 2. The van der Waals surface area contributed by atoms with Gasteiger partial charge in [0, 0.05) is 31.7 Å². The average molecular weight is 853 g/mol. The lowest BCUT2D eigenvalue weighted by Crippen LogP contribution is -2.23. The van der Waals surface area contributed by atoms with Gasteiger partial charge in [-0.25, -0.2) is 9.97 Å². The second-order valence-electron chi connectivity index (χ2n) is 12.7. The minimum atomic E-state index is -4.68. The van der Waals surface area contributed by atoms with Crippen LogP contribution in [0.2, 0.25) is 5.02 Å². The number of amides is 2. The number of carbonyl (C=O) groups excluding carboxylic acids is 2. The van der Waals surface area contributed by atoms with Crippen molar-refractivity contribution in [2.24, 2.45) is 0 Å².